The fraction of sp³-hybridized carbons (Fsp3) is 0.167. The van der Waals surface area contributed by atoms with Crippen LogP contribution < -0.4 is 0 Å². The molecule has 0 aliphatic heterocycles. The first-order valence-corrected chi connectivity index (χ1v) is 9.01. The first kappa shape index (κ1) is 17.8. The number of hydrogen-bond acceptors (Lipinski definition) is 2. The van der Waals surface area contributed by atoms with Gasteiger partial charge in [0.25, 0.3) is 0 Å². The zero-order chi connectivity index (χ0) is 18.4. The summed E-state index contributed by atoms with van der Waals surface area (Å²) in [5.41, 5.74) is 5.47. The quantitative estimate of drug-likeness (QED) is 0.513. The number of nitrogens with one attached hydrogen (secondary N) is 1. The van der Waals surface area contributed by atoms with Gasteiger partial charge in [0.05, 0.1) is 11.4 Å². The fourth-order valence-corrected chi connectivity index (χ4v) is 2.95. The molecule has 0 bridgehead atoms. The average molecular weight is 340 g/mol. The van der Waals surface area contributed by atoms with Crippen LogP contribution >= 0.6 is 0 Å². The number of benzene rings is 3. The largest absolute Gasteiger partial charge is 0.305 e. The predicted molar refractivity (Wildman–Crippen MR) is 111 cm³/mol. The van der Waals surface area contributed by atoms with E-state index in [1.807, 2.05) is 60.7 Å². The van der Waals surface area contributed by atoms with Gasteiger partial charge in [0, 0.05) is 22.4 Å². The van der Waals surface area contributed by atoms with Crippen LogP contribution in [0.1, 0.15) is 37.0 Å². The molecule has 0 fully saturated rings. The van der Waals surface area contributed by atoms with Crippen molar-refractivity contribution in [2.75, 3.05) is 0 Å². The second kappa shape index (κ2) is 8.39. The molecule has 0 spiro atoms. The highest BCUT2D eigenvalue weighted by molar-refractivity contribution is 6.15. The SMILES string of the molecule is CC(C)CC(=N)c1ccccc1N=C(c1ccccc1)c1ccccc1. The van der Waals surface area contributed by atoms with Crippen LogP contribution in [-0.2, 0) is 0 Å². The number of aliphatic imine (C=N–C) groups is 1. The van der Waals surface area contributed by atoms with Gasteiger partial charge >= 0.3 is 0 Å². The van der Waals surface area contributed by atoms with Crippen molar-refractivity contribution >= 4 is 17.1 Å². The fourth-order valence-electron chi connectivity index (χ4n) is 2.95. The van der Waals surface area contributed by atoms with Crippen molar-refractivity contribution < 1.29 is 0 Å². The van der Waals surface area contributed by atoms with E-state index in [0.29, 0.717) is 11.6 Å². The van der Waals surface area contributed by atoms with E-state index < -0.39 is 0 Å². The minimum absolute atomic E-state index is 0.447. The molecule has 130 valence electrons. The topological polar surface area (TPSA) is 36.2 Å². The van der Waals surface area contributed by atoms with Crippen molar-refractivity contribution in [3.8, 4) is 0 Å². The van der Waals surface area contributed by atoms with Crippen LogP contribution in [-0.4, -0.2) is 11.4 Å². The Labute approximate surface area is 155 Å². The Bertz CT molecular complexity index is 852. The minimum atomic E-state index is 0.447. The smallest absolute Gasteiger partial charge is 0.0781 e. The standard InChI is InChI=1S/C24H24N2/c1-18(2)17-22(25)21-15-9-10-16-23(21)26-24(19-11-5-3-6-12-19)20-13-7-4-8-14-20/h3-16,18,25H,17H2,1-2H3. The predicted octanol–water partition coefficient (Wildman–Crippen LogP) is 6.27. The molecular weight excluding hydrogens is 316 g/mol. The lowest BCUT2D eigenvalue weighted by Gasteiger charge is -2.12. The molecule has 2 nitrogen and oxygen atoms in total. The van der Waals surface area contributed by atoms with E-state index in [4.69, 9.17) is 10.4 Å². The van der Waals surface area contributed by atoms with Crippen molar-refractivity contribution in [1.29, 1.82) is 5.41 Å². The van der Waals surface area contributed by atoms with Crippen molar-refractivity contribution in [2.24, 2.45) is 10.9 Å². The Balaban J connectivity index is 2.11. The Morgan fingerprint density at radius 1 is 0.769 bits per heavy atom. The summed E-state index contributed by atoms with van der Waals surface area (Å²) >= 11 is 0. The maximum atomic E-state index is 8.49. The van der Waals surface area contributed by atoms with E-state index in [2.05, 4.69) is 38.1 Å². The lowest BCUT2D eigenvalue weighted by molar-refractivity contribution is 0.682. The van der Waals surface area contributed by atoms with Crippen LogP contribution in [0.2, 0.25) is 0 Å². The number of rotatable bonds is 6. The third-order valence-corrected chi connectivity index (χ3v) is 4.17. The maximum Gasteiger partial charge on any atom is 0.0781 e. The molecule has 0 aliphatic rings. The van der Waals surface area contributed by atoms with Crippen molar-refractivity contribution in [3.63, 3.8) is 0 Å². The average Bonchev–Trinajstić information content (AvgIpc) is 2.67. The van der Waals surface area contributed by atoms with E-state index in [0.717, 1.165) is 34.5 Å². The third kappa shape index (κ3) is 4.34. The summed E-state index contributed by atoms with van der Waals surface area (Å²) in [6, 6.07) is 28.4. The van der Waals surface area contributed by atoms with Crippen LogP contribution in [0.25, 0.3) is 0 Å². The molecule has 0 atom stereocenters. The molecule has 0 saturated carbocycles. The molecule has 1 N–H and O–H groups in total. The zero-order valence-corrected chi connectivity index (χ0v) is 15.3. The van der Waals surface area contributed by atoms with Gasteiger partial charge < -0.3 is 5.41 Å². The molecule has 3 aromatic rings. The Kier molecular flexibility index (Phi) is 5.75. The van der Waals surface area contributed by atoms with Gasteiger partial charge in [-0.1, -0.05) is 92.7 Å². The Morgan fingerprint density at radius 2 is 1.27 bits per heavy atom. The number of hydrogen-bond donors (Lipinski definition) is 1. The van der Waals surface area contributed by atoms with Crippen LogP contribution in [0, 0.1) is 11.3 Å². The van der Waals surface area contributed by atoms with Crippen LogP contribution in [0.4, 0.5) is 5.69 Å². The first-order chi connectivity index (χ1) is 12.6. The molecule has 0 aliphatic carbocycles. The van der Waals surface area contributed by atoms with Crippen molar-refractivity contribution in [2.45, 2.75) is 20.3 Å². The number of para-hydroxylation sites is 1. The summed E-state index contributed by atoms with van der Waals surface area (Å²) in [5, 5.41) is 8.49. The van der Waals surface area contributed by atoms with Crippen LogP contribution in [0.3, 0.4) is 0 Å². The normalized spacial score (nSPS) is 10.6. The highest BCUT2D eigenvalue weighted by atomic mass is 14.8. The molecule has 0 saturated heterocycles. The summed E-state index contributed by atoms with van der Waals surface area (Å²) < 4.78 is 0. The molecule has 26 heavy (non-hydrogen) atoms. The molecular formula is C24H24N2. The summed E-state index contributed by atoms with van der Waals surface area (Å²) in [6.45, 7) is 4.28. The van der Waals surface area contributed by atoms with Gasteiger partial charge in [0.1, 0.15) is 0 Å². The summed E-state index contributed by atoms with van der Waals surface area (Å²) in [4.78, 5) is 5.00. The first-order valence-electron chi connectivity index (χ1n) is 9.01. The van der Waals surface area contributed by atoms with Gasteiger partial charge in [0.15, 0.2) is 0 Å². The van der Waals surface area contributed by atoms with E-state index in [1.54, 1.807) is 0 Å². The number of nitrogens with zero attached hydrogens (tertiary/aromatic N) is 1. The second-order valence-electron chi connectivity index (χ2n) is 6.79. The Morgan fingerprint density at radius 3 is 1.81 bits per heavy atom. The zero-order valence-electron chi connectivity index (χ0n) is 15.3. The molecule has 0 amide bonds. The Hall–Kier alpha value is -3.00. The van der Waals surface area contributed by atoms with Gasteiger partial charge in [-0.25, -0.2) is 4.99 Å². The maximum absolute atomic E-state index is 8.49. The summed E-state index contributed by atoms with van der Waals surface area (Å²) in [7, 11) is 0. The van der Waals surface area contributed by atoms with E-state index in [-0.39, 0.29) is 0 Å². The minimum Gasteiger partial charge on any atom is -0.305 e. The molecule has 3 aromatic carbocycles. The van der Waals surface area contributed by atoms with Gasteiger partial charge in [-0.2, -0.15) is 0 Å². The van der Waals surface area contributed by atoms with Gasteiger partial charge in [-0.3, -0.25) is 0 Å². The van der Waals surface area contributed by atoms with Crippen LogP contribution in [0.5, 0.6) is 0 Å². The van der Waals surface area contributed by atoms with E-state index in [1.165, 1.54) is 0 Å². The monoisotopic (exact) mass is 340 g/mol. The highest BCUT2D eigenvalue weighted by Crippen LogP contribution is 2.24. The van der Waals surface area contributed by atoms with Gasteiger partial charge in [0.2, 0.25) is 0 Å². The molecule has 2 heteroatoms. The highest BCUT2D eigenvalue weighted by Gasteiger charge is 2.12. The van der Waals surface area contributed by atoms with Gasteiger partial charge in [-0.15, -0.1) is 0 Å². The summed E-state index contributed by atoms with van der Waals surface area (Å²) in [5.74, 6) is 0.447. The molecule has 0 radical (unpaired) electrons. The lowest BCUT2D eigenvalue weighted by atomic mass is 9.98. The summed E-state index contributed by atoms with van der Waals surface area (Å²) in [6.07, 6.45) is 0.749. The van der Waals surface area contributed by atoms with E-state index in [9.17, 15) is 0 Å². The third-order valence-electron chi connectivity index (χ3n) is 4.17. The molecule has 0 heterocycles. The lowest BCUT2D eigenvalue weighted by Crippen LogP contribution is -2.06. The molecule has 0 unspecified atom stereocenters. The van der Waals surface area contributed by atoms with Crippen molar-refractivity contribution in [3.05, 3.63) is 102 Å². The van der Waals surface area contributed by atoms with Crippen LogP contribution in [0.15, 0.2) is 89.9 Å². The van der Waals surface area contributed by atoms with Crippen molar-refractivity contribution in [1.82, 2.24) is 0 Å². The molecule has 0 aromatic heterocycles. The van der Waals surface area contributed by atoms with E-state index >= 15 is 0 Å². The second-order valence-corrected chi connectivity index (χ2v) is 6.79. The molecule has 3 rings (SSSR count). The van der Waals surface area contributed by atoms with Gasteiger partial charge in [-0.05, 0) is 18.4 Å².